The van der Waals surface area contributed by atoms with Crippen LogP contribution >= 0.6 is 0 Å². The molecule has 1 aromatic rings. The summed E-state index contributed by atoms with van der Waals surface area (Å²) in [6, 6.07) is -1.13. The van der Waals surface area contributed by atoms with Crippen molar-refractivity contribution in [1.82, 2.24) is 31.9 Å². The lowest BCUT2D eigenvalue weighted by Crippen LogP contribution is -2.61. The molecule has 13 N–H and O–H groups in total. The average molecular weight is 751 g/mol. The predicted octanol–water partition coefficient (Wildman–Crippen LogP) is -3.34. The van der Waals surface area contributed by atoms with E-state index in [1.54, 1.807) is 44.2 Å². The van der Waals surface area contributed by atoms with Gasteiger partial charge in [0.2, 0.25) is 41.4 Å². The third-order valence-corrected chi connectivity index (χ3v) is 7.93. The number of carbonyl (C=O) groups is 8. The first-order chi connectivity index (χ1) is 24.6. The zero-order chi connectivity index (χ0) is 40.6. The molecule has 53 heavy (non-hydrogen) atoms. The van der Waals surface area contributed by atoms with E-state index >= 15 is 0 Å². The molecule has 0 aliphatic carbocycles. The van der Waals surface area contributed by atoms with Gasteiger partial charge in [-0.1, -0.05) is 44.2 Å². The van der Waals surface area contributed by atoms with Gasteiger partial charge >= 0.3 is 5.97 Å². The van der Waals surface area contributed by atoms with Gasteiger partial charge in [-0.05, 0) is 52.0 Å². The quantitative estimate of drug-likeness (QED) is 0.0554. The second-order valence-electron chi connectivity index (χ2n) is 13.3. The third-order valence-electron chi connectivity index (χ3n) is 7.93. The van der Waals surface area contributed by atoms with E-state index in [2.05, 4.69) is 31.9 Å². The van der Waals surface area contributed by atoms with Crippen LogP contribution in [0.15, 0.2) is 30.3 Å². The van der Waals surface area contributed by atoms with Gasteiger partial charge in [0.25, 0.3) is 0 Å². The Hall–Kier alpha value is -5.14. The highest BCUT2D eigenvalue weighted by Gasteiger charge is 2.34. The molecule has 0 unspecified atom stereocenters. The molecule has 1 rings (SSSR count). The number of aliphatic carboxylic acids is 1. The maximum absolute atomic E-state index is 13.7. The molecule has 0 saturated carbocycles. The van der Waals surface area contributed by atoms with Crippen LogP contribution in [0.3, 0.4) is 0 Å². The molecular weight excluding hydrogens is 696 g/mol. The van der Waals surface area contributed by atoms with Crippen LogP contribution in [-0.2, 0) is 44.8 Å². The van der Waals surface area contributed by atoms with E-state index in [1.807, 2.05) is 0 Å². The van der Waals surface area contributed by atoms with Crippen LogP contribution in [0, 0.1) is 5.92 Å². The monoisotopic (exact) mass is 750 g/mol. The number of rotatable bonds is 22. The number of aliphatic hydroxyl groups excluding tert-OH is 2. The van der Waals surface area contributed by atoms with Gasteiger partial charge in [-0.15, -0.1) is 0 Å². The highest BCUT2D eigenvalue weighted by atomic mass is 16.4. The Bertz CT molecular complexity index is 1440. The van der Waals surface area contributed by atoms with Crippen molar-refractivity contribution in [3.8, 4) is 0 Å². The van der Waals surface area contributed by atoms with Crippen LogP contribution < -0.4 is 43.4 Å². The number of hydrogen-bond donors (Lipinski definition) is 11. The molecule has 0 aliphatic rings. The van der Waals surface area contributed by atoms with Crippen LogP contribution in [0.2, 0.25) is 0 Å². The molecule has 19 nitrogen and oxygen atoms in total. The lowest BCUT2D eigenvalue weighted by atomic mass is 10.0. The highest BCUT2D eigenvalue weighted by Crippen LogP contribution is 2.09. The second-order valence-corrected chi connectivity index (χ2v) is 13.3. The summed E-state index contributed by atoms with van der Waals surface area (Å²) in [6.45, 7) is 8.61. The number of hydrogen-bond acceptors (Lipinski definition) is 11. The number of carbonyl (C=O) groups excluding carboxylic acids is 7. The minimum absolute atomic E-state index is 0.0739. The number of carboxylic acids is 1. The van der Waals surface area contributed by atoms with Crippen LogP contribution in [0.1, 0.15) is 66.4 Å². The van der Waals surface area contributed by atoms with E-state index in [4.69, 9.17) is 16.6 Å². The van der Waals surface area contributed by atoms with Gasteiger partial charge in [-0.25, -0.2) is 0 Å². The topological polar surface area (TPSA) is 321 Å². The van der Waals surface area contributed by atoms with Crippen molar-refractivity contribution in [3.05, 3.63) is 35.9 Å². The molecule has 19 heteroatoms. The molecule has 0 radical (unpaired) electrons. The van der Waals surface area contributed by atoms with E-state index in [0.29, 0.717) is 5.56 Å². The van der Waals surface area contributed by atoms with Crippen molar-refractivity contribution in [1.29, 1.82) is 0 Å². The first-order valence-electron chi connectivity index (χ1n) is 17.1. The van der Waals surface area contributed by atoms with Crippen molar-refractivity contribution in [2.45, 2.75) is 122 Å². The summed E-state index contributed by atoms with van der Waals surface area (Å²) >= 11 is 0. The summed E-state index contributed by atoms with van der Waals surface area (Å²) in [5.41, 5.74) is 11.6. The van der Waals surface area contributed by atoms with Crippen LogP contribution in [-0.4, -0.2) is 117 Å². The average Bonchev–Trinajstić information content (AvgIpc) is 3.07. The fraction of sp³-hybridized carbons (Fsp3) is 0.588. The smallest absolute Gasteiger partial charge is 0.325 e. The maximum atomic E-state index is 13.7. The standard InChI is InChI=1S/C34H54N8O11/c1-16(2)14-23(41-32(50)26(36)19(5)43)30(48)37-17(3)28(46)40-24(15-21-10-8-7-9-11-21)31(49)39-22(12-13-25(35)45)29(47)42-27(20(6)44)33(51)38-18(4)34(52)53/h7-11,16-20,22-24,26-27,43-44H,12-15,36H2,1-6H3,(H2,35,45)(H,37,48)(H,38,51)(H,39,49)(H,40,46)(H,41,50)(H,42,47)(H,52,53)/t17-,18-,19+,20+,22-,23-,24-,26-,27-/m0/s1. The van der Waals surface area contributed by atoms with Crippen LogP contribution in [0.4, 0.5) is 0 Å². The number of nitrogens with two attached hydrogens (primary N) is 2. The molecule has 0 spiro atoms. The summed E-state index contributed by atoms with van der Waals surface area (Å²) < 4.78 is 0. The Morgan fingerprint density at radius 2 is 1.13 bits per heavy atom. The normalized spacial score (nSPS) is 16.2. The summed E-state index contributed by atoms with van der Waals surface area (Å²) in [4.78, 5) is 102. The fourth-order valence-corrected chi connectivity index (χ4v) is 4.78. The van der Waals surface area contributed by atoms with Gasteiger partial charge in [0, 0.05) is 12.8 Å². The Labute approximate surface area is 307 Å². The van der Waals surface area contributed by atoms with Gasteiger partial charge < -0.3 is 58.7 Å². The van der Waals surface area contributed by atoms with Crippen LogP contribution in [0.5, 0.6) is 0 Å². The summed E-state index contributed by atoms with van der Waals surface area (Å²) in [6.07, 6.45) is -3.39. The van der Waals surface area contributed by atoms with Crippen molar-refractivity contribution in [3.63, 3.8) is 0 Å². The lowest BCUT2D eigenvalue weighted by molar-refractivity contribution is -0.142. The molecule has 0 aromatic heterocycles. The highest BCUT2D eigenvalue weighted by molar-refractivity contribution is 5.97. The minimum Gasteiger partial charge on any atom is -0.480 e. The van der Waals surface area contributed by atoms with Crippen molar-refractivity contribution < 1.29 is 53.7 Å². The predicted molar refractivity (Wildman–Crippen MR) is 190 cm³/mol. The molecule has 1 aromatic carbocycles. The molecule has 0 saturated heterocycles. The lowest BCUT2D eigenvalue weighted by Gasteiger charge is -2.27. The Morgan fingerprint density at radius 1 is 0.623 bits per heavy atom. The molecular formula is C34H54N8O11. The molecule has 0 heterocycles. The first kappa shape index (κ1) is 45.9. The van der Waals surface area contributed by atoms with Gasteiger partial charge in [0.05, 0.1) is 12.2 Å². The molecule has 296 valence electrons. The summed E-state index contributed by atoms with van der Waals surface area (Å²) in [7, 11) is 0. The van der Waals surface area contributed by atoms with Gasteiger partial charge in [-0.2, -0.15) is 0 Å². The van der Waals surface area contributed by atoms with E-state index < -0.39 is 108 Å². The minimum atomic E-state index is -1.66. The van der Waals surface area contributed by atoms with Crippen molar-refractivity contribution >= 4 is 47.3 Å². The largest absolute Gasteiger partial charge is 0.480 e. The van der Waals surface area contributed by atoms with E-state index in [0.717, 1.165) is 0 Å². The van der Waals surface area contributed by atoms with Gasteiger partial charge in [-0.3, -0.25) is 38.4 Å². The Balaban J connectivity index is 3.29. The number of carboxylic acid groups (broad SMARTS) is 1. The number of aliphatic hydroxyl groups is 2. The number of primary amides is 1. The number of benzene rings is 1. The van der Waals surface area contributed by atoms with Gasteiger partial charge in [0.1, 0.15) is 42.3 Å². The van der Waals surface area contributed by atoms with Crippen molar-refractivity contribution in [2.24, 2.45) is 17.4 Å². The summed E-state index contributed by atoms with van der Waals surface area (Å²) in [5.74, 6) is -7.55. The Morgan fingerprint density at radius 3 is 1.64 bits per heavy atom. The first-order valence-corrected chi connectivity index (χ1v) is 17.1. The third kappa shape index (κ3) is 16.4. The molecule has 0 bridgehead atoms. The zero-order valence-electron chi connectivity index (χ0n) is 30.8. The van der Waals surface area contributed by atoms with E-state index in [1.165, 1.54) is 27.7 Å². The summed E-state index contributed by atoms with van der Waals surface area (Å²) in [5, 5.41) is 43.4. The van der Waals surface area contributed by atoms with Crippen LogP contribution in [0.25, 0.3) is 0 Å². The number of amides is 7. The zero-order valence-corrected chi connectivity index (χ0v) is 30.8. The molecule has 0 fully saturated rings. The molecule has 7 amide bonds. The van der Waals surface area contributed by atoms with Crippen molar-refractivity contribution in [2.75, 3.05) is 0 Å². The SMILES string of the molecule is CC(C)C[C@H](NC(=O)[C@@H](N)[C@@H](C)O)C(=O)N[C@@H](C)C(=O)N[C@@H](Cc1ccccc1)C(=O)N[C@@H](CCC(N)=O)C(=O)N[C@H](C(=O)N[C@@H](C)C(=O)O)[C@@H](C)O. The van der Waals surface area contributed by atoms with E-state index in [-0.39, 0.29) is 25.2 Å². The van der Waals surface area contributed by atoms with Gasteiger partial charge in [0.15, 0.2) is 0 Å². The second kappa shape index (κ2) is 22.0. The maximum Gasteiger partial charge on any atom is 0.325 e. The van der Waals surface area contributed by atoms with E-state index in [9.17, 15) is 48.6 Å². The Kier molecular flexibility index (Phi) is 19.1. The fourth-order valence-electron chi connectivity index (χ4n) is 4.78. The molecule has 0 aliphatic heterocycles. The number of nitrogens with one attached hydrogen (secondary N) is 6. The molecule has 9 atom stereocenters.